The van der Waals surface area contributed by atoms with Crippen LogP contribution in [0.15, 0.2) is 66.9 Å². The maximum Gasteiger partial charge on any atom is 0.234 e. The van der Waals surface area contributed by atoms with Crippen LogP contribution in [0.5, 0.6) is 0 Å². The predicted molar refractivity (Wildman–Crippen MR) is 80.9 cm³/mol. The monoisotopic (exact) mass is 264 g/mol. The van der Waals surface area contributed by atoms with Crippen molar-refractivity contribution in [3.05, 3.63) is 77.0 Å². The van der Waals surface area contributed by atoms with Crippen LogP contribution in [0.1, 0.15) is 0 Å². The van der Waals surface area contributed by atoms with Crippen LogP contribution in [-0.2, 0) is 0 Å². The van der Waals surface area contributed by atoms with E-state index in [0.29, 0.717) is 0 Å². The van der Waals surface area contributed by atoms with Gasteiger partial charge in [-0.25, -0.2) is 0 Å². The standard InChI is InChI=1S/C16H12N2O2/c19-18(20)12-6-5-11-17-15-9-3-1-7-13(15)14-8-2-4-10-16(14)17/h1-12H/b11-5+,12-6+. The van der Waals surface area contributed by atoms with Gasteiger partial charge in [-0.05, 0) is 18.2 Å². The van der Waals surface area contributed by atoms with E-state index in [2.05, 4.69) is 12.1 Å². The molecule has 20 heavy (non-hydrogen) atoms. The number of hydrogen-bond donors (Lipinski definition) is 0. The second kappa shape index (κ2) is 5.01. The minimum atomic E-state index is -0.476. The first-order valence-corrected chi connectivity index (χ1v) is 6.23. The second-order valence-corrected chi connectivity index (χ2v) is 4.37. The predicted octanol–water partition coefficient (Wildman–Crippen LogP) is 4.06. The Morgan fingerprint density at radius 2 is 1.45 bits per heavy atom. The van der Waals surface area contributed by atoms with E-state index in [-0.39, 0.29) is 0 Å². The number of hydrogen-bond acceptors (Lipinski definition) is 2. The Labute approximate surface area is 115 Å². The fourth-order valence-electron chi connectivity index (χ4n) is 2.37. The lowest BCUT2D eigenvalue weighted by molar-refractivity contribution is -0.402. The summed E-state index contributed by atoms with van der Waals surface area (Å²) in [4.78, 5) is 9.79. The Bertz CT molecular complexity index is 791. The van der Waals surface area contributed by atoms with Gasteiger partial charge in [-0.15, -0.1) is 0 Å². The van der Waals surface area contributed by atoms with Crippen molar-refractivity contribution in [3.8, 4) is 0 Å². The van der Waals surface area contributed by atoms with E-state index in [1.54, 1.807) is 6.08 Å². The summed E-state index contributed by atoms with van der Waals surface area (Å²) in [6, 6.07) is 16.2. The summed E-state index contributed by atoms with van der Waals surface area (Å²) in [6.45, 7) is 0. The zero-order valence-corrected chi connectivity index (χ0v) is 10.6. The average molecular weight is 264 g/mol. The summed E-state index contributed by atoms with van der Waals surface area (Å²) in [7, 11) is 0. The SMILES string of the molecule is O=[N+]([O-])/C=C/C=C/n1c2ccccc2c2ccccc21. The number of fused-ring (bicyclic) bond motifs is 3. The lowest BCUT2D eigenvalue weighted by Crippen LogP contribution is -1.85. The van der Waals surface area contributed by atoms with Gasteiger partial charge in [0.15, 0.2) is 0 Å². The molecule has 0 saturated carbocycles. The zero-order chi connectivity index (χ0) is 13.9. The molecular formula is C16H12N2O2. The minimum absolute atomic E-state index is 0.476. The molecule has 4 nitrogen and oxygen atoms in total. The minimum Gasteiger partial charge on any atom is -0.316 e. The highest BCUT2D eigenvalue weighted by molar-refractivity contribution is 6.09. The van der Waals surface area contributed by atoms with Crippen molar-refractivity contribution >= 4 is 28.0 Å². The number of benzene rings is 2. The van der Waals surface area contributed by atoms with E-state index in [1.807, 2.05) is 47.2 Å². The molecule has 0 amide bonds. The van der Waals surface area contributed by atoms with E-state index >= 15 is 0 Å². The number of rotatable bonds is 3. The topological polar surface area (TPSA) is 48.1 Å². The van der Waals surface area contributed by atoms with E-state index in [9.17, 15) is 10.1 Å². The van der Waals surface area contributed by atoms with Gasteiger partial charge in [0.2, 0.25) is 6.20 Å². The van der Waals surface area contributed by atoms with Gasteiger partial charge in [-0.2, -0.15) is 0 Å². The van der Waals surface area contributed by atoms with Crippen molar-refractivity contribution in [2.24, 2.45) is 0 Å². The van der Waals surface area contributed by atoms with Crippen LogP contribution in [0.2, 0.25) is 0 Å². The number of allylic oxidation sites excluding steroid dienone is 2. The maximum absolute atomic E-state index is 10.3. The highest BCUT2D eigenvalue weighted by Crippen LogP contribution is 2.28. The van der Waals surface area contributed by atoms with E-state index in [4.69, 9.17) is 0 Å². The van der Waals surface area contributed by atoms with Crippen molar-refractivity contribution in [2.45, 2.75) is 0 Å². The van der Waals surface area contributed by atoms with Gasteiger partial charge in [-0.3, -0.25) is 10.1 Å². The van der Waals surface area contributed by atoms with Crippen molar-refractivity contribution in [2.75, 3.05) is 0 Å². The van der Waals surface area contributed by atoms with Gasteiger partial charge in [0.05, 0.1) is 16.0 Å². The molecule has 0 aliphatic rings. The summed E-state index contributed by atoms with van der Waals surface area (Å²) in [6.07, 6.45) is 5.85. The van der Waals surface area contributed by atoms with Crippen LogP contribution >= 0.6 is 0 Å². The molecule has 98 valence electrons. The first-order valence-electron chi connectivity index (χ1n) is 6.23. The summed E-state index contributed by atoms with van der Waals surface area (Å²) in [5.41, 5.74) is 2.17. The third kappa shape index (κ3) is 2.07. The Morgan fingerprint density at radius 3 is 2.00 bits per heavy atom. The van der Waals surface area contributed by atoms with E-state index in [0.717, 1.165) is 17.2 Å². The molecule has 0 saturated heterocycles. The smallest absolute Gasteiger partial charge is 0.234 e. The lowest BCUT2D eigenvalue weighted by Gasteiger charge is -1.98. The molecule has 3 rings (SSSR count). The van der Waals surface area contributed by atoms with Crippen LogP contribution in [0.4, 0.5) is 0 Å². The van der Waals surface area contributed by atoms with Crippen molar-refractivity contribution in [3.63, 3.8) is 0 Å². The normalized spacial score (nSPS) is 12.0. The summed E-state index contributed by atoms with van der Waals surface area (Å²) < 4.78 is 2.04. The van der Waals surface area contributed by atoms with Gasteiger partial charge >= 0.3 is 0 Å². The summed E-state index contributed by atoms with van der Waals surface area (Å²) in [5, 5.41) is 12.6. The van der Waals surface area contributed by atoms with Crippen LogP contribution in [0.3, 0.4) is 0 Å². The molecular weight excluding hydrogens is 252 g/mol. The van der Waals surface area contributed by atoms with Crippen molar-refractivity contribution < 1.29 is 4.92 Å². The molecule has 1 aromatic heterocycles. The molecule has 2 aromatic carbocycles. The third-order valence-electron chi connectivity index (χ3n) is 3.17. The fourth-order valence-corrected chi connectivity index (χ4v) is 2.37. The zero-order valence-electron chi connectivity index (χ0n) is 10.6. The lowest BCUT2D eigenvalue weighted by atomic mass is 10.2. The maximum atomic E-state index is 10.3. The molecule has 3 aromatic rings. The van der Waals surface area contributed by atoms with Crippen molar-refractivity contribution in [1.82, 2.24) is 4.57 Å². The van der Waals surface area contributed by atoms with Crippen LogP contribution in [0, 0.1) is 10.1 Å². The van der Waals surface area contributed by atoms with Crippen molar-refractivity contribution in [1.29, 1.82) is 0 Å². The van der Waals surface area contributed by atoms with Crippen LogP contribution < -0.4 is 0 Å². The molecule has 0 bridgehead atoms. The Hall–Kier alpha value is -2.88. The number of aromatic nitrogens is 1. The van der Waals surface area contributed by atoms with Gasteiger partial charge in [0.25, 0.3) is 0 Å². The third-order valence-corrected chi connectivity index (χ3v) is 3.17. The Balaban J connectivity index is 2.19. The highest BCUT2D eigenvalue weighted by atomic mass is 16.6. The number of nitro groups is 1. The number of nitrogens with zero attached hydrogens (tertiary/aromatic N) is 2. The first-order chi connectivity index (χ1) is 9.77. The second-order valence-electron chi connectivity index (χ2n) is 4.37. The molecule has 1 heterocycles. The summed E-state index contributed by atoms with van der Waals surface area (Å²) >= 11 is 0. The van der Waals surface area contributed by atoms with Gasteiger partial charge in [0.1, 0.15) is 0 Å². The molecule has 0 unspecified atom stereocenters. The molecule has 0 N–H and O–H groups in total. The molecule has 4 heteroatoms. The molecule has 0 atom stereocenters. The Kier molecular flexibility index (Phi) is 3.05. The molecule has 0 aliphatic carbocycles. The molecule has 0 spiro atoms. The van der Waals surface area contributed by atoms with Crippen LogP contribution in [-0.4, -0.2) is 9.49 Å². The molecule has 0 aliphatic heterocycles. The molecule has 0 fully saturated rings. The quantitative estimate of drug-likeness (QED) is 0.407. The van der Waals surface area contributed by atoms with Gasteiger partial charge < -0.3 is 4.57 Å². The van der Waals surface area contributed by atoms with Gasteiger partial charge in [0, 0.05) is 23.0 Å². The van der Waals surface area contributed by atoms with Gasteiger partial charge in [-0.1, -0.05) is 36.4 Å². The molecule has 0 radical (unpaired) electrons. The van der Waals surface area contributed by atoms with E-state index in [1.165, 1.54) is 16.8 Å². The van der Waals surface area contributed by atoms with Crippen LogP contribution in [0.25, 0.3) is 28.0 Å². The Morgan fingerprint density at radius 1 is 0.900 bits per heavy atom. The van der Waals surface area contributed by atoms with E-state index < -0.39 is 4.92 Å². The highest BCUT2D eigenvalue weighted by Gasteiger charge is 2.06. The fraction of sp³-hybridized carbons (Fsp3) is 0. The first kappa shape index (κ1) is 12.2. The number of para-hydroxylation sites is 2. The average Bonchev–Trinajstić information content (AvgIpc) is 2.78. The largest absolute Gasteiger partial charge is 0.316 e. The summed E-state index contributed by atoms with van der Waals surface area (Å²) in [5.74, 6) is 0.